The van der Waals surface area contributed by atoms with Crippen LogP contribution in [0.25, 0.3) is 0 Å². The van der Waals surface area contributed by atoms with Gasteiger partial charge in [-0.25, -0.2) is 0 Å². The monoisotopic (exact) mass is 776 g/mol. The molecule has 1 radical (unpaired) electrons. The molecule has 0 aliphatic heterocycles. The van der Waals surface area contributed by atoms with Crippen molar-refractivity contribution in [3.05, 3.63) is 140 Å². The molecule has 9 N–H and O–H groups in total. The van der Waals surface area contributed by atoms with Crippen LogP contribution in [-0.2, 0) is 58.1 Å². The molecule has 0 bridgehead atoms. The molecule has 52 heavy (non-hydrogen) atoms. The second-order valence-corrected chi connectivity index (χ2v) is 10.1. The molecule has 0 fully saturated rings. The van der Waals surface area contributed by atoms with E-state index in [-0.39, 0.29) is 71.3 Å². The molecule has 4 aromatic carbocycles. The molecule has 17 nitrogen and oxygen atoms in total. The third-order valence-electron chi connectivity index (χ3n) is 6.72. The number of aliphatic carboxylic acids is 2. The van der Waals surface area contributed by atoms with Crippen LogP contribution in [0, 0.1) is 20.2 Å². The van der Waals surface area contributed by atoms with Crippen molar-refractivity contribution in [2.75, 3.05) is 14.2 Å². The standard InChI is InChI=1S/2C16H16N2O5.2CH4O.Cu.H2O/c2*19-14-7-3-11(4-8-14)9-15(16(20)21)17-10-12-1-5-13(6-2-12)18(22)23;2*1-2;;/h2*1-8,15,17,19H,9-10H2,(H,20,21);2*2H,1H3;;1H2/q;;;;+2;/p-1/t2*15-;;;;/m00..../s1. The molecule has 0 aliphatic rings. The summed E-state index contributed by atoms with van der Waals surface area (Å²) in [6.07, 6.45) is 0.408. The van der Waals surface area contributed by atoms with Crippen molar-refractivity contribution in [1.29, 1.82) is 0 Å². The van der Waals surface area contributed by atoms with Crippen LogP contribution in [0.2, 0.25) is 0 Å². The number of hydrogen-bond donors (Lipinski definition) is 6. The first kappa shape index (κ1) is 48.7. The first-order valence-corrected chi connectivity index (χ1v) is 14.7. The van der Waals surface area contributed by atoms with Gasteiger partial charge in [-0.3, -0.25) is 20.2 Å². The van der Waals surface area contributed by atoms with Crippen molar-refractivity contribution < 1.29 is 72.6 Å². The summed E-state index contributed by atoms with van der Waals surface area (Å²) in [6, 6.07) is 22.4. The maximum atomic E-state index is 11.2. The van der Waals surface area contributed by atoms with Crippen molar-refractivity contribution >= 4 is 23.3 Å². The zero-order chi connectivity index (χ0) is 37.6. The number of nitrogens with zero attached hydrogens (tertiary/aromatic N) is 2. The average Bonchev–Trinajstić information content (AvgIpc) is 3.12. The number of carbonyl (C=O) groups is 2. The minimum Gasteiger partial charge on any atom is -0.548 e. The van der Waals surface area contributed by atoms with E-state index in [9.17, 15) is 50.2 Å². The Morgan fingerprint density at radius 2 is 0.808 bits per heavy atom. The van der Waals surface area contributed by atoms with Gasteiger partial charge in [0, 0.05) is 51.6 Å². The average molecular weight is 777 g/mol. The van der Waals surface area contributed by atoms with E-state index in [4.69, 9.17) is 10.2 Å². The van der Waals surface area contributed by atoms with Gasteiger partial charge in [0.25, 0.3) is 11.4 Å². The van der Waals surface area contributed by atoms with Gasteiger partial charge in [-0.15, -0.1) is 0 Å². The van der Waals surface area contributed by atoms with E-state index < -0.39 is 33.9 Å². The van der Waals surface area contributed by atoms with E-state index in [0.717, 1.165) is 36.5 Å². The minimum absolute atomic E-state index is 0. The molecular formula is C34H41CuN4O13+. The maximum absolute atomic E-state index is 11.2. The maximum Gasteiger partial charge on any atom is 2.00 e. The van der Waals surface area contributed by atoms with Gasteiger partial charge in [-0.2, -0.15) is 0 Å². The minimum atomic E-state index is -1.24. The van der Waals surface area contributed by atoms with E-state index in [0.29, 0.717) is 0 Å². The first-order chi connectivity index (χ1) is 23.9. The van der Waals surface area contributed by atoms with Gasteiger partial charge >= 0.3 is 17.1 Å². The zero-order valence-electron chi connectivity index (χ0n) is 28.0. The zero-order valence-corrected chi connectivity index (χ0v) is 29.0. The molecule has 18 heteroatoms. The summed E-state index contributed by atoms with van der Waals surface area (Å²) in [7, 11) is 2.00. The quantitative estimate of drug-likeness (QED) is 0.0418. The number of aliphatic hydroxyl groups is 2. The number of rotatable bonds is 14. The number of phenols is 2. The normalized spacial score (nSPS) is 10.7. The van der Waals surface area contributed by atoms with E-state index in [2.05, 4.69) is 10.6 Å². The van der Waals surface area contributed by atoms with E-state index in [1.54, 1.807) is 48.5 Å². The van der Waals surface area contributed by atoms with Crippen LogP contribution in [0.3, 0.4) is 0 Å². The fourth-order valence-electron chi connectivity index (χ4n) is 4.17. The van der Waals surface area contributed by atoms with Crippen LogP contribution in [0.4, 0.5) is 11.4 Å². The molecule has 4 rings (SSSR count). The predicted octanol–water partition coefficient (Wildman–Crippen LogP) is -0.205. The number of benzene rings is 4. The summed E-state index contributed by atoms with van der Waals surface area (Å²) >= 11 is 0. The Morgan fingerprint density at radius 3 is 1.04 bits per heavy atom. The molecule has 0 aliphatic carbocycles. The van der Waals surface area contributed by atoms with Crippen LogP contribution in [0.5, 0.6) is 11.5 Å². The summed E-state index contributed by atoms with van der Waals surface area (Å²) in [4.78, 5) is 42.6. The topological polar surface area (TPSA) is 305 Å². The molecule has 0 heterocycles. The third-order valence-corrected chi connectivity index (χ3v) is 6.72. The summed E-state index contributed by atoms with van der Waals surface area (Å²) in [5, 5.41) is 81.8. The van der Waals surface area contributed by atoms with Crippen molar-refractivity contribution in [3.63, 3.8) is 0 Å². The molecule has 2 atom stereocenters. The first-order valence-electron chi connectivity index (χ1n) is 14.7. The fourth-order valence-corrected chi connectivity index (χ4v) is 4.17. The molecule has 0 spiro atoms. The Balaban J connectivity index is 0. The van der Waals surface area contributed by atoms with Gasteiger partial charge in [0.15, 0.2) is 0 Å². The smallest absolute Gasteiger partial charge is 0.548 e. The number of hydrogen-bond acceptors (Lipinski definition) is 14. The van der Waals surface area contributed by atoms with Crippen LogP contribution >= 0.6 is 0 Å². The number of nitro benzene ring substituents is 2. The molecule has 285 valence electrons. The molecule has 0 aromatic heterocycles. The van der Waals surface area contributed by atoms with Crippen LogP contribution in [0.15, 0.2) is 97.1 Å². The Kier molecular flexibility index (Phi) is 24.7. The van der Waals surface area contributed by atoms with Gasteiger partial charge < -0.3 is 56.3 Å². The van der Waals surface area contributed by atoms with Crippen molar-refractivity contribution in [2.45, 2.75) is 38.0 Å². The van der Waals surface area contributed by atoms with Gasteiger partial charge in [-0.1, -0.05) is 48.5 Å². The molecule has 0 unspecified atom stereocenters. The van der Waals surface area contributed by atoms with Crippen molar-refractivity contribution in [2.24, 2.45) is 0 Å². The number of carboxylic acid groups (broad SMARTS) is 2. The summed E-state index contributed by atoms with van der Waals surface area (Å²) < 4.78 is 0. The van der Waals surface area contributed by atoms with Gasteiger partial charge in [-0.05, 0) is 59.4 Å². The number of aromatic hydroxyl groups is 2. The van der Waals surface area contributed by atoms with Crippen molar-refractivity contribution in [3.8, 4) is 11.5 Å². The van der Waals surface area contributed by atoms with Crippen molar-refractivity contribution in [1.82, 2.24) is 10.6 Å². The molecular weight excluding hydrogens is 736 g/mol. The summed E-state index contributed by atoms with van der Waals surface area (Å²) in [6.45, 7) is 0.490. The summed E-state index contributed by atoms with van der Waals surface area (Å²) in [5.74, 6) is -2.25. The number of carbonyl (C=O) groups excluding carboxylic acids is 2. The van der Waals surface area contributed by atoms with E-state index in [1.807, 2.05) is 0 Å². The Morgan fingerprint density at radius 1 is 0.558 bits per heavy atom. The molecule has 0 saturated carbocycles. The third kappa shape index (κ3) is 18.0. The number of carboxylic acids is 2. The van der Waals surface area contributed by atoms with Gasteiger partial charge in [0.05, 0.1) is 33.9 Å². The Labute approximate surface area is 309 Å². The number of aliphatic hydroxyl groups excluding tert-OH is 2. The number of phenolic OH excluding ortho intramolecular Hbond substituents is 2. The largest absolute Gasteiger partial charge is 2.00 e. The predicted molar refractivity (Wildman–Crippen MR) is 182 cm³/mol. The van der Waals surface area contributed by atoms with E-state index >= 15 is 0 Å². The number of nitro groups is 2. The second-order valence-electron chi connectivity index (χ2n) is 10.1. The molecule has 0 saturated heterocycles. The van der Waals surface area contributed by atoms with Gasteiger partial charge in [0.2, 0.25) is 0 Å². The van der Waals surface area contributed by atoms with Gasteiger partial charge in [0.1, 0.15) is 11.5 Å². The van der Waals surface area contributed by atoms with Crippen LogP contribution in [-0.4, -0.2) is 68.5 Å². The van der Waals surface area contributed by atoms with E-state index in [1.165, 1.54) is 48.5 Å². The Hall–Kier alpha value is -5.46. The SMILES string of the molecule is CO.CO.O=C([O-])[C@H](Cc1ccc(O)cc1)NCc1ccc([N+](=O)[O-])cc1.O=C([O-])[C@H](Cc1ccc(O)cc1)NCc1ccc([N+](=O)[O-])cc1.[Cu+2].[OH3+]. The fraction of sp³-hybridized carbons (Fsp3) is 0.235. The number of non-ortho nitro benzene ring substituents is 2. The Bertz CT molecular complexity index is 1500. The van der Waals surface area contributed by atoms with Crippen LogP contribution < -0.4 is 20.8 Å². The summed E-state index contributed by atoms with van der Waals surface area (Å²) in [5.41, 5.74) is 2.91. The second kappa shape index (κ2) is 26.4. The van der Waals surface area contributed by atoms with Crippen LogP contribution in [0.1, 0.15) is 22.3 Å². The molecule has 4 aromatic rings. The number of nitrogens with one attached hydrogen (secondary N) is 2. The molecule has 0 amide bonds.